The number of amides is 10. The number of benzene rings is 4. The number of quaternary nitrogens is 1. The van der Waals surface area contributed by atoms with Crippen LogP contribution in [0.5, 0.6) is 5.75 Å². The lowest BCUT2D eigenvalue weighted by Gasteiger charge is -2.37. The first kappa shape index (κ1) is 87.9. The van der Waals surface area contributed by atoms with Crippen molar-refractivity contribution in [2.45, 2.75) is 157 Å². The fraction of sp³-hybridized carbons (Fsp3) is 0.506. The van der Waals surface area contributed by atoms with E-state index in [1.165, 1.54) is 54.7 Å². The van der Waals surface area contributed by atoms with Crippen LogP contribution in [0.2, 0.25) is 0 Å². The van der Waals surface area contributed by atoms with Crippen LogP contribution in [0.25, 0.3) is 16.6 Å². The van der Waals surface area contributed by atoms with Gasteiger partial charge in [0, 0.05) is 98.4 Å². The smallest absolute Gasteiger partial charge is 0.246 e. The number of aliphatic hydroxyl groups is 1. The summed E-state index contributed by atoms with van der Waals surface area (Å²) in [4.78, 5) is 152. The highest BCUT2D eigenvalue weighted by Gasteiger charge is 2.50. The van der Waals surface area contributed by atoms with E-state index in [2.05, 4.69) is 74.0 Å². The Balaban J connectivity index is 0.0000140. The van der Waals surface area contributed by atoms with E-state index in [1.807, 2.05) is 41.0 Å². The molecule has 30 nitrogen and oxygen atoms in total. The van der Waals surface area contributed by atoms with E-state index in [-0.39, 0.29) is 109 Å². The third-order valence-electron chi connectivity index (χ3n) is 20.9. The molecule has 5 aliphatic rings. The molecule has 9 N–H and O–H groups in total. The Labute approximate surface area is 682 Å². The highest BCUT2D eigenvalue weighted by Crippen LogP contribution is 2.33. The van der Waals surface area contributed by atoms with Crippen LogP contribution in [0.4, 0.5) is 4.39 Å². The number of fused-ring (bicyclic) bond motifs is 8. The summed E-state index contributed by atoms with van der Waals surface area (Å²) < 4.78 is 43.4. The maximum atomic E-state index is 16.2. The highest BCUT2D eigenvalue weighted by molar-refractivity contribution is 7.98. The normalized spacial score (nSPS) is 24.2. The lowest BCUT2D eigenvalue weighted by molar-refractivity contribution is -0.870. The minimum Gasteiger partial charge on any atom is -1.00 e. The van der Waals surface area contributed by atoms with E-state index in [1.54, 1.807) is 84.3 Å². The Kier molecular flexibility index (Phi) is 31.2. The third kappa shape index (κ3) is 23.9. The molecule has 0 saturated carbocycles. The standard InChI is InChI=1S/C81H104FN15O15S2.ClH/c1-50-73(101)87-63-41-54-14-10-13-52(36-54)12-8-9-29-112-68-21-27-94-72(68)77(105)90-71(51(2)98)76(104)89-64(40-53-15-18-61(109-7)19-16-53)79(107)95-26-11-24-81(95,3)80(108)83-25-35-114-49-56-37-55(48-113-34-23-70(100)86-66(75(103)85-50)44-84-69(99)22-30-110-32-33-111-31-28-97(4,5)6)38-60(39-56)96-47-59(91-92-96)46-93-45-57(42-65(78(94)106)88-74(63)102)62-43-58(82)17-20-67(62)93;/h8-10,13-20,36-39,43,45,47,50-51,63-66,68,71-72,98H,11-12,21-35,40-42,44,46,48-49H2,1-7H3,(H7-,83,84,85,86,87,88,89,90,99,100,101,102,103,104,105,108);1H/b9-8+;/t50-,51-,63+,64+,65-,66+,68+,71+,72+,81+;/m1./s1. The molecule has 7 heterocycles. The number of halogens is 2. The summed E-state index contributed by atoms with van der Waals surface area (Å²) in [6.07, 6.45) is 4.72. The SMILES string of the molecule is COc1ccc(C[C@@H]2NC(=O)[C@H]([C@@H](C)O)NC(=O)[C@@H]3[C@@H]4CCN3C(=O)[C@H]3Cc5cn(c6ccc(F)cc56)Cc5cn(nn5)-c5cc(cc(c5)CSCCC(=O)N[C@@H](CNC(=O)CCOCCOCC[N+](C)(C)C)C(=O)N[C@H](C)C(=O)N[C@@H](Cc5cccc(c5)C/C=C/CO4)C(=O)N3)CSCCNC(=O)[C@]3(C)CCCN3C2=O)cc1.[Cl-]. The predicted octanol–water partition coefficient (Wildman–Crippen LogP) is -0.516. The van der Waals surface area contributed by atoms with Gasteiger partial charge in [-0.2, -0.15) is 23.5 Å². The van der Waals surface area contributed by atoms with Crippen LogP contribution in [-0.4, -0.2) is 264 Å². The van der Waals surface area contributed by atoms with E-state index >= 15 is 28.4 Å². The van der Waals surface area contributed by atoms with Crippen LogP contribution in [-0.2, 0) is 106 Å². The number of hydrogen-bond acceptors (Lipinski definition) is 19. The average molecular weight is 1650 g/mol. The summed E-state index contributed by atoms with van der Waals surface area (Å²) >= 11 is 3.00. The van der Waals surface area contributed by atoms with E-state index in [4.69, 9.17) is 18.9 Å². The Bertz CT molecular complexity index is 4490. The maximum Gasteiger partial charge on any atom is 0.246 e. The fourth-order valence-corrected chi connectivity index (χ4v) is 16.3. The van der Waals surface area contributed by atoms with E-state index in [0.717, 1.165) is 27.7 Å². The summed E-state index contributed by atoms with van der Waals surface area (Å²) in [5, 5.41) is 43.8. The summed E-state index contributed by atoms with van der Waals surface area (Å²) in [7, 11) is 7.68. The van der Waals surface area contributed by atoms with Gasteiger partial charge in [-0.25, -0.2) is 9.07 Å². The molecule has 0 unspecified atom stereocenters. The van der Waals surface area contributed by atoms with E-state index in [9.17, 15) is 29.1 Å². The van der Waals surface area contributed by atoms with Crippen molar-refractivity contribution in [2.75, 3.05) is 106 Å². The van der Waals surface area contributed by atoms with Crippen molar-refractivity contribution >= 4 is 93.5 Å². The number of hydrogen-bond donors (Lipinski definition) is 9. The quantitative estimate of drug-likeness (QED) is 0.0355. The Morgan fingerprint density at radius 3 is 2.24 bits per heavy atom. The minimum atomic E-state index is -1.78. The molecule has 620 valence electrons. The van der Waals surface area contributed by atoms with Crippen LogP contribution in [0.15, 0.2) is 109 Å². The molecule has 115 heavy (non-hydrogen) atoms. The molecule has 11 rings (SSSR count). The van der Waals surface area contributed by atoms with Crippen LogP contribution < -0.4 is 59.7 Å². The fourth-order valence-electron chi connectivity index (χ4n) is 14.6. The molecule has 0 aliphatic carbocycles. The van der Waals surface area contributed by atoms with Gasteiger partial charge in [-0.05, 0) is 122 Å². The van der Waals surface area contributed by atoms with E-state index in [0.29, 0.717) is 94.5 Å². The summed E-state index contributed by atoms with van der Waals surface area (Å²) in [6, 6.07) is 13.6. The number of rotatable bonds is 15. The van der Waals surface area contributed by atoms with Gasteiger partial charge < -0.3 is 97.8 Å². The minimum absolute atomic E-state index is 0. The number of aromatic nitrogens is 4. The zero-order chi connectivity index (χ0) is 81.2. The van der Waals surface area contributed by atoms with Crippen molar-refractivity contribution < 1.29 is 93.3 Å². The Hall–Kier alpha value is -9.48. The first-order valence-corrected chi connectivity index (χ1v) is 41.1. The zero-order valence-electron chi connectivity index (χ0n) is 65.9. The van der Waals surface area contributed by atoms with Gasteiger partial charge in [-0.3, -0.25) is 47.9 Å². The zero-order valence-corrected chi connectivity index (χ0v) is 68.3. The van der Waals surface area contributed by atoms with Gasteiger partial charge in [0.15, 0.2) is 0 Å². The monoisotopic (exact) mass is 1650 g/mol. The van der Waals surface area contributed by atoms with Crippen molar-refractivity contribution in [3.63, 3.8) is 0 Å². The van der Waals surface area contributed by atoms with Crippen molar-refractivity contribution in [3.05, 3.63) is 154 Å². The van der Waals surface area contributed by atoms with Gasteiger partial charge >= 0.3 is 0 Å². The molecule has 6 aromatic rings. The largest absolute Gasteiger partial charge is 1.00 e. The molecule has 5 aliphatic heterocycles. The molecular weight excluding hydrogens is 1540 g/mol. The number of thioether (sulfide) groups is 2. The molecule has 0 spiro atoms. The van der Waals surface area contributed by atoms with Crippen molar-refractivity contribution in [3.8, 4) is 11.4 Å². The number of aliphatic hydroxyl groups excluding tert-OH is 1. The number of methoxy groups -OCH3 is 1. The first-order chi connectivity index (χ1) is 54.7. The third-order valence-corrected chi connectivity index (χ3v) is 23.0. The first-order valence-electron chi connectivity index (χ1n) is 38.8. The molecule has 14 bridgehead atoms. The molecule has 0 radical (unpaired) electrons. The van der Waals surface area contributed by atoms with Crippen LogP contribution >= 0.6 is 23.5 Å². The van der Waals surface area contributed by atoms with Crippen LogP contribution in [0, 0.1) is 5.82 Å². The molecule has 10 atom stereocenters. The second kappa shape index (κ2) is 40.9. The average Bonchev–Trinajstić information content (AvgIpc) is 1.58. The number of likely N-dealkylation sites (N-methyl/N-ethyl adjacent to an activating group) is 1. The molecule has 2 aromatic heterocycles. The molecule has 34 heteroatoms. The lowest BCUT2D eigenvalue weighted by atomic mass is 9.95. The van der Waals surface area contributed by atoms with Gasteiger partial charge in [0.2, 0.25) is 59.1 Å². The number of ether oxygens (including phenoxy) is 4. The predicted molar refractivity (Wildman–Crippen MR) is 426 cm³/mol. The van der Waals surface area contributed by atoms with Crippen molar-refractivity contribution in [1.82, 2.24) is 71.9 Å². The van der Waals surface area contributed by atoms with Gasteiger partial charge in [-0.15, -0.1) is 5.10 Å². The molecule has 4 aromatic carbocycles. The van der Waals surface area contributed by atoms with Gasteiger partial charge in [0.25, 0.3) is 0 Å². The van der Waals surface area contributed by atoms with Gasteiger partial charge in [-0.1, -0.05) is 59.8 Å². The molecule has 2 saturated heterocycles. The number of allylic oxidation sites excluding steroid dienone is 1. The second-order valence-corrected chi connectivity index (χ2v) is 32.9. The second-order valence-electron chi connectivity index (χ2n) is 30.7. The number of carbonyl (C=O) groups is 10. The molecule has 2 fully saturated rings. The molecular formula is C81H105ClFN15O15S2. The van der Waals surface area contributed by atoms with Crippen LogP contribution in [0.3, 0.4) is 0 Å². The Morgan fingerprint density at radius 2 is 1.50 bits per heavy atom. The van der Waals surface area contributed by atoms with E-state index < -0.39 is 125 Å². The van der Waals surface area contributed by atoms with Crippen molar-refractivity contribution in [2.24, 2.45) is 0 Å². The number of carbonyl (C=O) groups excluding carboxylic acids is 10. The van der Waals surface area contributed by atoms with Crippen LogP contribution in [0.1, 0.15) is 91.9 Å². The van der Waals surface area contributed by atoms with Gasteiger partial charge in [0.1, 0.15) is 71.6 Å². The summed E-state index contributed by atoms with van der Waals surface area (Å²) in [5.41, 5.74) is 4.35. The Morgan fingerprint density at radius 1 is 0.765 bits per heavy atom. The summed E-state index contributed by atoms with van der Waals surface area (Å²) in [6.45, 7) is 6.12. The summed E-state index contributed by atoms with van der Waals surface area (Å²) in [5.74, 6) is -5.86. The van der Waals surface area contributed by atoms with Gasteiger partial charge in [0.05, 0.1) is 91.9 Å². The number of nitrogens with one attached hydrogen (secondary N) is 8. The maximum absolute atomic E-state index is 16.2. The highest BCUT2D eigenvalue weighted by atomic mass is 35.5. The number of nitrogens with zero attached hydrogens (tertiary/aromatic N) is 7. The molecule has 10 amide bonds. The lowest BCUT2D eigenvalue weighted by Crippen LogP contribution is -3.00. The van der Waals surface area contributed by atoms with Crippen molar-refractivity contribution in [1.29, 1.82) is 0 Å². The topological polar surface area (TPSA) is 366 Å².